The molecule has 0 N–H and O–H groups in total. The molecule has 0 unspecified atom stereocenters. The van der Waals surface area contributed by atoms with Crippen LogP contribution < -0.4 is 9.80 Å². The molecule has 0 radical (unpaired) electrons. The molecule has 1 aliphatic rings. The first-order chi connectivity index (χ1) is 10.3. The Morgan fingerprint density at radius 2 is 1.33 bits per heavy atom. The Kier molecular flexibility index (Phi) is 4.30. The summed E-state index contributed by atoms with van der Waals surface area (Å²) in [6.45, 7) is 3.39. The quantitative estimate of drug-likeness (QED) is 0.794. The van der Waals surface area contributed by atoms with E-state index >= 15 is 0 Å². The maximum absolute atomic E-state index is 13.8. The van der Waals surface area contributed by atoms with Crippen molar-refractivity contribution in [3.8, 4) is 0 Å². The minimum atomic E-state index is -0.146. The number of benzene rings is 2. The summed E-state index contributed by atoms with van der Waals surface area (Å²) in [7, 11) is 0. The molecule has 3 rings (SSSR count). The van der Waals surface area contributed by atoms with Crippen LogP contribution in [-0.2, 0) is 5.88 Å². The Hall–Kier alpha value is -1.74. The Labute approximate surface area is 129 Å². The van der Waals surface area contributed by atoms with Crippen LogP contribution in [0, 0.1) is 5.82 Å². The molecule has 1 aliphatic heterocycles. The lowest BCUT2D eigenvalue weighted by molar-refractivity contribution is 0.597. The highest BCUT2D eigenvalue weighted by atomic mass is 35.5. The van der Waals surface area contributed by atoms with Crippen LogP contribution in [0.1, 0.15) is 5.56 Å². The number of hydrogen-bond donors (Lipinski definition) is 0. The van der Waals surface area contributed by atoms with E-state index in [-0.39, 0.29) is 5.82 Å². The van der Waals surface area contributed by atoms with Gasteiger partial charge in [0.25, 0.3) is 0 Å². The van der Waals surface area contributed by atoms with Crippen molar-refractivity contribution in [2.24, 2.45) is 0 Å². The van der Waals surface area contributed by atoms with E-state index in [1.165, 1.54) is 11.8 Å². The molecule has 0 bridgehead atoms. The van der Waals surface area contributed by atoms with Gasteiger partial charge in [-0.25, -0.2) is 4.39 Å². The molecular formula is C17H18ClFN2. The average molecular weight is 305 g/mol. The molecular weight excluding hydrogens is 287 g/mol. The van der Waals surface area contributed by atoms with Crippen molar-refractivity contribution in [3.05, 3.63) is 59.9 Å². The van der Waals surface area contributed by atoms with E-state index < -0.39 is 0 Å². The molecule has 0 spiro atoms. The van der Waals surface area contributed by atoms with Crippen LogP contribution in [0.2, 0.25) is 0 Å². The molecule has 0 aliphatic carbocycles. The molecule has 21 heavy (non-hydrogen) atoms. The second-order valence-electron chi connectivity index (χ2n) is 5.19. The summed E-state index contributed by atoms with van der Waals surface area (Å²) in [5.41, 5.74) is 3.04. The summed E-state index contributed by atoms with van der Waals surface area (Å²) in [4.78, 5) is 4.43. The third-order valence-electron chi connectivity index (χ3n) is 3.95. The molecule has 1 saturated heterocycles. The van der Waals surface area contributed by atoms with Gasteiger partial charge in [-0.05, 0) is 23.8 Å². The fraction of sp³-hybridized carbons (Fsp3) is 0.294. The minimum Gasteiger partial charge on any atom is -0.368 e. The molecule has 0 amide bonds. The van der Waals surface area contributed by atoms with Crippen molar-refractivity contribution < 1.29 is 4.39 Å². The summed E-state index contributed by atoms with van der Waals surface area (Å²) in [5.74, 6) is 0.371. The molecule has 2 aromatic rings. The van der Waals surface area contributed by atoms with Crippen LogP contribution in [0.4, 0.5) is 15.8 Å². The third-order valence-corrected chi connectivity index (χ3v) is 4.24. The number of anilines is 2. The van der Waals surface area contributed by atoms with Gasteiger partial charge in [-0.3, -0.25) is 0 Å². The first-order valence-electron chi connectivity index (χ1n) is 7.18. The smallest absolute Gasteiger partial charge is 0.146 e. The SMILES string of the molecule is Fc1ccccc1N1CCN(c2ccccc2CCl)CC1. The minimum absolute atomic E-state index is 0.146. The molecule has 2 nitrogen and oxygen atoms in total. The summed E-state index contributed by atoms with van der Waals surface area (Å²) in [6.07, 6.45) is 0. The lowest BCUT2D eigenvalue weighted by Gasteiger charge is -2.38. The molecule has 4 heteroatoms. The molecule has 0 atom stereocenters. The van der Waals surface area contributed by atoms with Gasteiger partial charge in [-0.1, -0.05) is 30.3 Å². The van der Waals surface area contributed by atoms with Gasteiger partial charge >= 0.3 is 0 Å². The fourth-order valence-corrected chi connectivity index (χ4v) is 3.05. The monoisotopic (exact) mass is 304 g/mol. The zero-order valence-electron chi connectivity index (χ0n) is 11.8. The first kappa shape index (κ1) is 14.2. The zero-order chi connectivity index (χ0) is 14.7. The highest BCUT2D eigenvalue weighted by molar-refractivity contribution is 6.17. The van der Waals surface area contributed by atoms with Crippen LogP contribution in [-0.4, -0.2) is 26.2 Å². The van der Waals surface area contributed by atoms with Crippen molar-refractivity contribution in [3.63, 3.8) is 0 Å². The number of hydrogen-bond acceptors (Lipinski definition) is 2. The van der Waals surface area contributed by atoms with Crippen LogP contribution in [0.15, 0.2) is 48.5 Å². The van der Waals surface area contributed by atoms with Gasteiger partial charge in [0.05, 0.1) is 5.69 Å². The Balaban J connectivity index is 1.72. The Morgan fingerprint density at radius 3 is 1.95 bits per heavy atom. The van der Waals surface area contributed by atoms with Crippen LogP contribution in [0.5, 0.6) is 0 Å². The van der Waals surface area contributed by atoms with Crippen molar-refractivity contribution in [1.29, 1.82) is 0 Å². The number of rotatable bonds is 3. The Bertz CT molecular complexity index is 609. The highest BCUT2D eigenvalue weighted by Gasteiger charge is 2.20. The number of piperazine rings is 1. The largest absolute Gasteiger partial charge is 0.368 e. The van der Waals surface area contributed by atoms with Gasteiger partial charge in [0.2, 0.25) is 0 Å². The summed E-state index contributed by atoms with van der Waals surface area (Å²) < 4.78 is 13.8. The molecule has 2 aromatic carbocycles. The second kappa shape index (κ2) is 6.35. The van der Waals surface area contributed by atoms with Gasteiger partial charge in [0.1, 0.15) is 5.82 Å². The third kappa shape index (κ3) is 2.98. The van der Waals surface area contributed by atoms with E-state index in [0.717, 1.165) is 31.7 Å². The van der Waals surface area contributed by atoms with Crippen LogP contribution in [0.3, 0.4) is 0 Å². The van der Waals surface area contributed by atoms with Crippen molar-refractivity contribution in [2.75, 3.05) is 36.0 Å². The van der Waals surface area contributed by atoms with E-state index in [1.54, 1.807) is 6.07 Å². The van der Waals surface area contributed by atoms with E-state index in [0.29, 0.717) is 11.6 Å². The summed E-state index contributed by atoms with van der Waals surface area (Å²) >= 11 is 6.01. The van der Waals surface area contributed by atoms with Gasteiger partial charge in [0, 0.05) is 37.7 Å². The lowest BCUT2D eigenvalue weighted by atomic mass is 10.1. The van der Waals surface area contributed by atoms with Gasteiger partial charge in [-0.2, -0.15) is 0 Å². The zero-order valence-corrected chi connectivity index (χ0v) is 12.6. The molecule has 0 saturated carbocycles. The van der Waals surface area contributed by atoms with E-state index in [1.807, 2.05) is 24.3 Å². The number of para-hydroxylation sites is 2. The molecule has 1 fully saturated rings. The Morgan fingerprint density at radius 1 is 0.810 bits per heavy atom. The number of halogens is 2. The molecule has 1 heterocycles. The maximum atomic E-state index is 13.8. The van der Waals surface area contributed by atoms with Crippen LogP contribution in [0.25, 0.3) is 0 Å². The molecule has 0 aromatic heterocycles. The first-order valence-corrected chi connectivity index (χ1v) is 7.71. The van der Waals surface area contributed by atoms with Crippen molar-refractivity contribution in [2.45, 2.75) is 5.88 Å². The highest BCUT2D eigenvalue weighted by Crippen LogP contribution is 2.25. The van der Waals surface area contributed by atoms with Crippen LogP contribution >= 0.6 is 11.6 Å². The van der Waals surface area contributed by atoms with Crippen molar-refractivity contribution in [1.82, 2.24) is 0 Å². The predicted octanol–water partition coefficient (Wildman–Crippen LogP) is 3.89. The van der Waals surface area contributed by atoms with E-state index in [4.69, 9.17) is 11.6 Å². The van der Waals surface area contributed by atoms with E-state index in [2.05, 4.69) is 21.9 Å². The number of alkyl halides is 1. The standard InChI is InChI=1S/C17H18ClFN2/c18-13-14-5-1-3-7-16(14)20-9-11-21(12-10-20)17-8-4-2-6-15(17)19/h1-8H,9-13H2. The topological polar surface area (TPSA) is 6.48 Å². The predicted molar refractivity (Wildman–Crippen MR) is 86.8 cm³/mol. The maximum Gasteiger partial charge on any atom is 0.146 e. The average Bonchev–Trinajstić information content (AvgIpc) is 2.55. The fourth-order valence-electron chi connectivity index (χ4n) is 2.83. The van der Waals surface area contributed by atoms with Crippen molar-refractivity contribution >= 4 is 23.0 Å². The lowest BCUT2D eigenvalue weighted by Crippen LogP contribution is -2.47. The number of nitrogens with zero attached hydrogens (tertiary/aromatic N) is 2. The second-order valence-corrected chi connectivity index (χ2v) is 5.46. The normalized spacial score (nSPS) is 15.3. The van der Waals surface area contributed by atoms with Gasteiger partial charge in [0.15, 0.2) is 0 Å². The molecule has 110 valence electrons. The summed E-state index contributed by atoms with van der Waals surface area (Å²) in [5, 5.41) is 0. The summed E-state index contributed by atoms with van der Waals surface area (Å²) in [6, 6.07) is 15.2. The van der Waals surface area contributed by atoms with Gasteiger partial charge < -0.3 is 9.80 Å². The van der Waals surface area contributed by atoms with E-state index in [9.17, 15) is 4.39 Å². The van der Waals surface area contributed by atoms with Gasteiger partial charge in [-0.15, -0.1) is 11.6 Å².